The smallest absolute Gasteiger partial charge is 0.466 e. The van der Waals surface area contributed by atoms with Crippen LogP contribution in [0.25, 0.3) is 0 Å². The summed E-state index contributed by atoms with van der Waals surface area (Å²) in [6.45, 7) is 1.47. The number of hydrogen-bond donors (Lipinski definition) is 0. The van der Waals surface area contributed by atoms with Gasteiger partial charge in [-0.15, -0.1) is 0 Å². The van der Waals surface area contributed by atoms with Crippen molar-refractivity contribution in [3.05, 3.63) is 35.9 Å². The van der Waals surface area contributed by atoms with E-state index in [4.69, 9.17) is 14.2 Å². The average Bonchev–Trinajstić information content (AvgIpc) is 2.87. The second kappa shape index (κ2) is 16.0. The maximum absolute atomic E-state index is 13.7. The summed E-state index contributed by atoms with van der Waals surface area (Å²) >= 11 is 3.51. The van der Waals surface area contributed by atoms with Crippen LogP contribution in [0.2, 0.25) is 0 Å². The molecule has 0 bridgehead atoms. The van der Waals surface area contributed by atoms with Crippen molar-refractivity contribution in [3.63, 3.8) is 0 Å². The Labute approximate surface area is 248 Å². The molecule has 42 heavy (non-hydrogen) atoms. The van der Waals surface area contributed by atoms with E-state index >= 15 is 0 Å². The van der Waals surface area contributed by atoms with E-state index in [-0.39, 0.29) is 30.9 Å². The number of esters is 3. The van der Waals surface area contributed by atoms with Crippen LogP contribution in [0.3, 0.4) is 0 Å². The van der Waals surface area contributed by atoms with E-state index in [0.717, 1.165) is 12.5 Å². The molecule has 0 aliphatic rings. The number of hydrogen-bond acceptors (Lipinski definition) is 9. The van der Waals surface area contributed by atoms with Gasteiger partial charge < -0.3 is 23.7 Å². The lowest BCUT2D eigenvalue weighted by molar-refractivity contribution is -0.208. The van der Waals surface area contributed by atoms with Crippen LogP contribution in [0.5, 0.6) is 0 Å². The van der Waals surface area contributed by atoms with E-state index in [1.54, 1.807) is 13.8 Å². The number of carbonyl (C=O) groups is 4. The summed E-state index contributed by atoms with van der Waals surface area (Å²) in [5, 5.41) is 0. The monoisotopic (exact) mass is 676 g/mol. The summed E-state index contributed by atoms with van der Waals surface area (Å²) in [4.78, 5) is 48.2. The molecule has 0 radical (unpaired) electrons. The van der Waals surface area contributed by atoms with Gasteiger partial charge in [-0.05, 0) is 32.8 Å². The van der Waals surface area contributed by atoms with Crippen LogP contribution in [0.1, 0.15) is 57.3 Å². The largest absolute Gasteiger partial charge is 0.508 e. The third-order valence-electron chi connectivity index (χ3n) is 5.61. The first-order valence-electron chi connectivity index (χ1n) is 12.7. The van der Waals surface area contributed by atoms with E-state index in [1.807, 2.05) is 30.3 Å². The molecule has 0 aliphatic heterocycles. The first-order valence-corrected chi connectivity index (χ1v) is 13.6. The van der Waals surface area contributed by atoms with Crippen LogP contribution in [-0.2, 0) is 38.1 Å². The highest BCUT2D eigenvalue weighted by atomic mass is 79.9. The fourth-order valence-electron chi connectivity index (χ4n) is 3.27. The van der Waals surface area contributed by atoms with Crippen molar-refractivity contribution in [3.8, 4) is 0 Å². The minimum atomic E-state index is -5.23. The maximum Gasteiger partial charge on any atom is 0.508 e. The molecule has 9 nitrogen and oxygen atoms in total. The lowest BCUT2D eigenvalue weighted by Crippen LogP contribution is -2.43. The fourth-order valence-corrected chi connectivity index (χ4v) is 4.39. The Hall–Kier alpha value is -2.97. The van der Waals surface area contributed by atoms with Crippen molar-refractivity contribution in [2.45, 2.75) is 63.9 Å². The molecular weight excluding hydrogens is 643 g/mol. The van der Waals surface area contributed by atoms with Gasteiger partial charge in [-0.1, -0.05) is 46.3 Å². The van der Waals surface area contributed by atoms with Crippen molar-refractivity contribution in [2.75, 3.05) is 33.0 Å². The quantitative estimate of drug-likeness (QED) is 0.0652. The molecular formula is C27H34BrF5O9. The van der Waals surface area contributed by atoms with E-state index in [0.29, 0.717) is 0 Å². The first kappa shape index (κ1) is 37.1. The van der Waals surface area contributed by atoms with Gasteiger partial charge in [0.2, 0.25) is 0 Å². The van der Waals surface area contributed by atoms with Gasteiger partial charge in [0.05, 0.1) is 18.6 Å². The Balaban J connectivity index is 2.91. The molecule has 0 heterocycles. The number of halogens is 6. The highest BCUT2D eigenvalue weighted by Crippen LogP contribution is 2.37. The maximum atomic E-state index is 13.7. The van der Waals surface area contributed by atoms with Crippen molar-refractivity contribution in [2.24, 2.45) is 10.8 Å². The lowest BCUT2D eigenvalue weighted by Gasteiger charge is -2.30. The SMILES string of the molecule is CC(=O)OCCCOC(=O)OCC(C)(COC(=O)C(C)(C)CC(Br)c1ccccc1)C(=O)OCC(F)(F)CC(F)(F)F. The molecule has 1 aromatic rings. The molecule has 0 aromatic heterocycles. The standard InChI is InChI=1S/C27H34BrF5O9/c1-18(34)38-11-8-12-39-23(37)42-16-25(4,22(36)41-17-26(29,30)14-27(31,32)33)15-40-21(35)24(2,3)13-20(28)19-9-6-5-7-10-19/h5-7,9-10,20H,8,11-17H2,1-4H3. The lowest BCUT2D eigenvalue weighted by atomic mass is 9.86. The molecule has 2 atom stereocenters. The zero-order chi connectivity index (χ0) is 32.2. The molecule has 0 N–H and O–H groups in total. The first-order chi connectivity index (χ1) is 19.3. The topological polar surface area (TPSA) is 114 Å². The van der Waals surface area contributed by atoms with Gasteiger partial charge in [0.15, 0.2) is 6.61 Å². The minimum Gasteiger partial charge on any atom is -0.466 e. The van der Waals surface area contributed by atoms with Gasteiger partial charge in [-0.3, -0.25) is 14.4 Å². The normalized spacial score (nSPS) is 14.2. The summed E-state index contributed by atoms with van der Waals surface area (Å²) in [5.41, 5.74) is -2.34. The predicted molar refractivity (Wildman–Crippen MR) is 141 cm³/mol. The van der Waals surface area contributed by atoms with Gasteiger partial charge in [0.25, 0.3) is 5.92 Å². The molecule has 0 saturated carbocycles. The second-order valence-electron chi connectivity index (χ2n) is 10.4. The molecule has 0 amide bonds. The summed E-state index contributed by atoms with van der Waals surface area (Å²) in [6, 6.07) is 9.14. The van der Waals surface area contributed by atoms with Crippen LogP contribution in [0.4, 0.5) is 26.7 Å². The summed E-state index contributed by atoms with van der Waals surface area (Å²) < 4.78 is 88.9. The van der Waals surface area contributed by atoms with Crippen molar-refractivity contribution in [1.82, 2.24) is 0 Å². The van der Waals surface area contributed by atoms with Gasteiger partial charge in [0, 0.05) is 18.2 Å². The van der Waals surface area contributed by atoms with Gasteiger partial charge in [-0.2, -0.15) is 13.2 Å². The number of benzene rings is 1. The summed E-state index contributed by atoms with van der Waals surface area (Å²) in [6.07, 6.45) is -8.69. The summed E-state index contributed by atoms with van der Waals surface area (Å²) in [5.74, 6) is -7.27. The van der Waals surface area contributed by atoms with Crippen LogP contribution in [0.15, 0.2) is 30.3 Å². The molecule has 0 spiro atoms. The molecule has 15 heteroatoms. The average molecular weight is 677 g/mol. The van der Waals surface area contributed by atoms with E-state index < -0.39 is 73.2 Å². The van der Waals surface area contributed by atoms with Crippen LogP contribution in [-0.4, -0.2) is 69.2 Å². The highest BCUT2D eigenvalue weighted by Gasteiger charge is 2.47. The van der Waals surface area contributed by atoms with Gasteiger partial charge >= 0.3 is 30.2 Å². The van der Waals surface area contributed by atoms with Crippen LogP contribution in [0, 0.1) is 10.8 Å². The molecule has 2 unspecified atom stereocenters. The van der Waals surface area contributed by atoms with Crippen molar-refractivity contribution < 1.29 is 64.8 Å². The van der Waals surface area contributed by atoms with E-state index in [1.165, 1.54) is 6.92 Å². The summed E-state index contributed by atoms with van der Waals surface area (Å²) in [7, 11) is 0. The Kier molecular flexibility index (Phi) is 14.1. The Morgan fingerprint density at radius 2 is 1.33 bits per heavy atom. The van der Waals surface area contributed by atoms with Crippen LogP contribution < -0.4 is 0 Å². The fraction of sp³-hybridized carbons (Fsp3) is 0.630. The minimum absolute atomic E-state index is 0.0515. The van der Waals surface area contributed by atoms with E-state index in [2.05, 4.69) is 25.4 Å². The van der Waals surface area contributed by atoms with Gasteiger partial charge in [0.1, 0.15) is 25.0 Å². The van der Waals surface area contributed by atoms with Crippen molar-refractivity contribution >= 4 is 40.0 Å². The zero-order valence-electron chi connectivity index (χ0n) is 23.6. The zero-order valence-corrected chi connectivity index (χ0v) is 25.1. The highest BCUT2D eigenvalue weighted by molar-refractivity contribution is 9.09. The third-order valence-corrected chi connectivity index (χ3v) is 6.47. The molecule has 0 saturated heterocycles. The Morgan fingerprint density at radius 3 is 1.90 bits per heavy atom. The number of rotatable bonds is 16. The third kappa shape index (κ3) is 14.3. The number of carbonyl (C=O) groups excluding carboxylic acids is 4. The Morgan fingerprint density at radius 1 is 0.786 bits per heavy atom. The molecule has 0 fully saturated rings. The number of alkyl halides is 6. The molecule has 1 rings (SSSR count). The molecule has 0 aliphatic carbocycles. The molecule has 1 aromatic carbocycles. The number of ether oxygens (including phenoxy) is 5. The predicted octanol–water partition coefficient (Wildman–Crippen LogP) is 6.33. The van der Waals surface area contributed by atoms with E-state index in [9.17, 15) is 41.1 Å². The van der Waals surface area contributed by atoms with Crippen LogP contribution >= 0.6 is 15.9 Å². The van der Waals surface area contributed by atoms with Crippen molar-refractivity contribution in [1.29, 1.82) is 0 Å². The second-order valence-corrected chi connectivity index (χ2v) is 11.5. The van der Waals surface area contributed by atoms with Gasteiger partial charge in [-0.25, -0.2) is 13.6 Å². The molecule has 238 valence electrons. The Bertz CT molecular complexity index is 1050.